The highest BCUT2D eigenvalue weighted by Crippen LogP contribution is 2.34. The predicted octanol–water partition coefficient (Wildman–Crippen LogP) is 4.34. The second-order valence-corrected chi connectivity index (χ2v) is 14.0. The lowest BCUT2D eigenvalue weighted by molar-refractivity contribution is 1.57. The van der Waals surface area contributed by atoms with Gasteiger partial charge in [-0.05, 0) is 19.3 Å². The molecule has 0 nitrogen and oxygen atoms in total. The van der Waals surface area contributed by atoms with Crippen molar-refractivity contribution in [2.24, 2.45) is 0 Å². The first-order chi connectivity index (χ1) is 5.35. The van der Waals surface area contributed by atoms with Gasteiger partial charge in [0, 0.05) is 4.24 Å². The van der Waals surface area contributed by atoms with Crippen LogP contribution in [0.15, 0.2) is 22.5 Å². The van der Waals surface area contributed by atoms with Crippen molar-refractivity contribution in [2.75, 3.05) is 6.26 Å². The zero-order valence-electron chi connectivity index (χ0n) is 8.60. The first-order valence-corrected chi connectivity index (χ1v) is 10.2. The molecule has 0 aliphatic rings. The van der Waals surface area contributed by atoms with Gasteiger partial charge in [-0.15, -0.1) is 23.0 Å². The van der Waals surface area contributed by atoms with E-state index in [4.69, 9.17) is 0 Å². The van der Waals surface area contributed by atoms with E-state index in [0.29, 0.717) is 0 Å². The van der Waals surface area contributed by atoms with Crippen molar-refractivity contribution < 1.29 is 0 Å². The largest absolute Gasteiger partial charge is 0.145 e. The maximum atomic E-state index is 3.89. The molecule has 70 valence electrons. The zero-order valence-corrected chi connectivity index (χ0v) is 11.2. The van der Waals surface area contributed by atoms with Gasteiger partial charge in [0.1, 0.15) is 7.22 Å². The van der Waals surface area contributed by atoms with Crippen LogP contribution in [0.25, 0.3) is 0 Å². The highest BCUT2D eigenvalue weighted by Gasteiger charge is 2.15. The Morgan fingerprint density at radius 3 is 2.08 bits per heavy atom. The fourth-order valence-electron chi connectivity index (χ4n) is 0.633. The summed E-state index contributed by atoms with van der Waals surface area (Å²) in [5, 5.41) is 0. The van der Waals surface area contributed by atoms with Crippen molar-refractivity contribution >= 4 is 30.2 Å². The van der Waals surface area contributed by atoms with Gasteiger partial charge in [-0.3, -0.25) is 0 Å². The fourth-order valence-corrected chi connectivity index (χ4v) is 7.14. The molecular weight excluding hydrogens is 200 g/mol. The number of allylic oxidation sites excluding steroid dienone is 2. The molecule has 12 heavy (non-hydrogen) atoms. The van der Waals surface area contributed by atoms with Gasteiger partial charge in [0.25, 0.3) is 0 Å². The van der Waals surface area contributed by atoms with E-state index in [1.54, 1.807) is 0 Å². The third kappa shape index (κ3) is 7.07. The fraction of sp³-hybridized carbons (Fsp3) is 0.556. The van der Waals surface area contributed by atoms with E-state index in [9.17, 15) is 0 Å². The quantitative estimate of drug-likeness (QED) is 0.509. The van der Waals surface area contributed by atoms with E-state index < -0.39 is 7.22 Å². The Balaban J connectivity index is 4.28. The molecule has 0 aromatic carbocycles. The van der Waals surface area contributed by atoms with Crippen molar-refractivity contribution in [1.82, 2.24) is 0 Å². The van der Waals surface area contributed by atoms with E-state index in [0.717, 1.165) is 5.57 Å². The molecule has 3 heteroatoms. The predicted molar refractivity (Wildman–Crippen MR) is 67.3 cm³/mol. The Bertz CT molecular complexity index is 189. The summed E-state index contributed by atoms with van der Waals surface area (Å²) >= 11 is 3.86. The highest BCUT2D eigenvalue weighted by atomic mass is 32.4. The monoisotopic (exact) mass is 218 g/mol. The molecule has 0 aromatic rings. The summed E-state index contributed by atoms with van der Waals surface area (Å²) in [6, 6.07) is 0. The van der Waals surface area contributed by atoms with Gasteiger partial charge in [-0.25, -0.2) is 0 Å². The molecule has 0 unspecified atom stereocenters. The summed E-state index contributed by atoms with van der Waals surface area (Å²) in [5.74, 6) is 0. The summed E-state index contributed by atoms with van der Waals surface area (Å²) in [5.41, 5.74) is 1.14. The first-order valence-electron chi connectivity index (χ1n) is 3.95. The molecule has 0 atom stereocenters. The van der Waals surface area contributed by atoms with Gasteiger partial charge in [0.2, 0.25) is 0 Å². The summed E-state index contributed by atoms with van der Waals surface area (Å²) < 4.78 is 1.40. The molecule has 0 radical (unpaired) electrons. The molecule has 0 fully saturated rings. The van der Waals surface area contributed by atoms with Crippen LogP contribution in [0.4, 0.5) is 0 Å². The maximum absolute atomic E-state index is 3.89. The minimum absolute atomic E-state index is 1.02. The number of rotatable bonds is 4. The van der Waals surface area contributed by atoms with Crippen molar-refractivity contribution in [3.63, 3.8) is 0 Å². The van der Waals surface area contributed by atoms with Crippen LogP contribution in [0.2, 0.25) is 19.6 Å². The molecule has 0 spiro atoms. The molecule has 0 saturated heterocycles. The number of hydrogen-bond acceptors (Lipinski definition) is 2. The van der Waals surface area contributed by atoms with Crippen LogP contribution in [0, 0.1) is 0 Å². The van der Waals surface area contributed by atoms with Crippen molar-refractivity contribution in [3.8, 4) is 0 Å². The van der Waals surface area contributed by atoms with E-state index in [-0.39, 0.29) is 0 Å². The van der Waals surface area contributed by atoms with Crippen LogP contribution < -0.4 is 0 Å². The van der Waals surface area contributed by atoms with E-state index in [1.807, 2.05) is 29.9 Å². The minimum atomic E-state index is -1.02. The normalized spacial score (nSPS) is 13.2. The second-order valence-electron chi connectivity index (χ2n) is 3.73. The Morgan fingerprint density at radius 2 is 1.83 bits per heavy atom. The Hall–Kier alpha value is 0.397. The minimum Gasteiger partial charge on any atom is -0.145 e. The van der Waals surface area contributed by atoms with Gasteiger partial charge in [0.15, 0.2) is 0 Å². The summed E-state index contributed by atoms with van der Waals surface area (Å²) in [4.78, 5) is 0. The van der Waals surface area contributed by atoms with E-state index in [2.05, 4.69) is 38.6 Å². The van der Waals surface area contributed by atoms with Crippen LogP contribution in [0.5, 0.6) is 0 Å². The molecule has 0 rings (SSSR count). The molecule has 0 saturated carbocycles. The lowest BCUT2D eigenvalue weighted by Crippen LogP contribution is -2.13. The van der Waals surface area contributed by atoms with Gasteiger partial charge in [-0.1, -0.05) is 31.8 Å². The van der Waals surface area contributed by atoms with Gasteiger partial charge < -0.3 is 0 Å². The lowest BCUT2D eigenvalue weighted by atomic mass is 10.4. The average molecular weight is 218 g/mol. The maximum Gasteiger partial charge on any atom is 0.115 e. The second kappa shape index (κ2) is 5.20. The van der Waals surface area contributed by atoms with Crippen LogP contribution in [0.3, 0.4) is 0 Å². The molecule has 0 N–H and O–H groups in total. The van der Waals surface area contributed by atoms with E-state index >= 15 is 0 Å². The van der Waals surface area contributed by atoms with E-state index in [1.165, 1.54) is 4.24 Å². The number of hydrogen-bond donors (Lipinski definition) is 0. The topological polar surface area (TPSA) is 0 Å². The van der Waals surface area contributed by atoms with Crippen LogP contribution in [-0.2, 0) is 0 Å². The van der Waals surface area contributed by atoms with Crippen molar-refractivity contribution in [1.29, 1.82) is 0 Å². The summed E-state index contributed by atoms with van der Waals surface area (Å²) in [6.45, 7) is 13.0. The highest BCUT2D eigenvalue weighted by molar-refractivity contribution is 8.39. The van der Waals surface area contributed by atoms with Crippen molar-refractivity contribution in [2.45, 2.75) is 26.6 Å². The zero-order chi connectivity index (χ0) is 9.78. The average Bonchev–Trinajstić information content (AvgIpc) is 1.82. The Morgan fingerprint density at radius 1 is 1.33 bits per heavy atom. The van der Waals surface area contributed by atoms with Crippen molar-refractivity contribution in [3.05, 3.63) is 22.5 Å². The third-order valence-electron chi connectivity index (χ3n) is 0.972. The molecular formula is C9H18S2Si. The standard InChI is InChI=1S/C9H18S2Si/c1-8(2)7-9(10-3)11-12(4,5)6/h7H,1H2,2-6H3/b9-7+. The first kappa shape index (κ1) is 12.4. The van der Waals surface area contributed by atoms with Gasteiger partial charge >= 0.3 is 0 Å². The van der Waals surface area contributed by atoms with Crippen LogP contribution in [-0.4, -0.2) is 13.5 Å². The summed E-state index contributed by atoms with van der Waals surface area (Å²) in [7, 11) is -1.02. The summed E-state index contributed by atoms with van der Waals surface area (Å²) in [6.07, 6.45) is 4.30. The Labute approximate surface area is 85.6 Å². The SMILES string of the molecule is C=C(C)/C=C(\SC)S[Si](C)(C)C. The smallest absolute Gasteiger partial charge is 0.115 e. The Kier molecular flexibility index (Phi) is 5.37. The molecule has 0 aliphatic heterocycles. The molecule has 0 bridgehead atoms. The van der Waals surface area contributed by atoms with Crippen LogP contribution in [0.1, 0.15) is 6.92 Å². The number of thioether (sulfide) groups is 1. The van der Waals surface area contributed by atoms with Crippen LogP contribution >= 0.6 is 23.0 Å². The molecule has 0 aromatic heterocycles. The molecule has 0 heterocycles. The third-order valence-corrected chi connectivity index (χ3v) is 6.11. The van der Waals surface area contributed by atoms with Gasteiger partial charge in [0.05, 0.1) is 0 Å². The lowest BCUT2D eigenvalue weighted by Gasteiger charge is -2.16. The van der Waals surface area contributed by atoms with Gasteiger partial charge in [-0.2, -0.15) is 0 Å². The molecule has 0 aliphatic carbocycles. The molecule has 0 amide bonds.